The molecule has 1 N–H and O–H groups in total. The SMILES string of the molecule is CCCCOC(=O)CNC(C)c1c(C)noc1C. The van der Waals surface area contributed by atoms with Crippen LogP contribution in [0.5, 0.6) is 0 Å². The summed E-state index contributed by atoms with van der Waals surface area (Å²) in [4.78, 5) is 11.4. The van der Waals surface area contributed by atoms with Crippen molar-refractivity contribution in [1.82, 2.24) is 10.5 Å². The van der Waals surface area contributed by atoms with Gasteiger partial charge in [0.1, 0.15) is 5.76 Å². The minimum atomic E-state index is -0.220. The van der Waals surface area contributed by atoms with E-state index in [4.69, 9.17) is 9.26 Å². The Balaban J connectivity index is 2.37. The van der Waals surface area contributed by atoms with E-state index in [0.717, 1.165) is 29.9 Å². The van der Waals surface area contributed by atoms with E-state index in [1.165, 1.54) is 0 Å². The van der Waals surface area contributed by atoms with Gasteiger partial charge in [-0.25, -0.2) is 0 Å². The lowest BCUT2D eigenvalue weighted by Crippen LogP contribution is -2.28. The van der Waals surface area contributed by atoms with Gasteiger partial charge in [-0.15, -0.1) is 0 Å². The third kappa shape index (κ3) is 4.14. The normalized spacial score (nSPS) is 12.4. The quantitative estimate of drug-likeness (QED) is 0.597. The Hall–Kier alpha value is -1.36. The van der Waals surface area contributed by atoms with Crippen molar-refractivity contribution in [1.29, 1.82) is 0 Å². The molecular formula is C13H22N2O3. The summed E-state index contributed by atoms with van der Waals surface area (Å²) in [6.07, 6.45) is 1.93. The second-order valence-corrected chi connectivity index (χ2v) is 4.41. The average molecular weight is 254 g/mol. The number of unbranched alkanes of at least 4 members (excludes halogenated alkanes) is 1. The first-order valence-electron chi connectivity index (χ1n) is 6.38. The third-order valence-corrected chi connectivity index (χ3v) is 2.84. The molecule has 1 rings (SSSR count). The number of nitrogens with one attached hydrogen (secondary N) is 1. The third-order valence-electron chi connectivity index (χ3n) is 2.84. The van der Waals surface area contributed by atoms with E-state index in [-0.39, 0.29) is 18.6 Å². The average Bonchev–Trinajstić information content (AvgIpc) is 2.66. The smallest absolute Gasteiger partial charge is 0.319 e. The van der Waals surface area contributed by atoms with E-state index >= 15 is 0 Å². The van der Waals surface area contributed by atoms with Gasteiger partial charge in [-0.1, -0.05) is 18.5 Å². The molecule has 1 aromatic heterocycles. The van der Waals surface area contributed by atoms with Gasteiger partial charge in [-0.2, -0.15) is 0 Å². The zero-order chi connectivity index (χ0) is 13.5. The molecule has 0 saturated carbocycles. The van der Waals surface area contributed by atoms with Gasteiger partial charge in [-0.3, -0.25) is 4.79 Å². The first kappa shape index (κ1) is 14.7. The molecular weight excluding hydrogens is 232 g/mol. The van der Waals surface area contributed by atoms with Gasteiger partial charge in [0.2, 0.25) is 0 Å². The summed E-state index contributed by atoms with van der Waals surface area (Å²) in [5, 5.41) is 7.01. The van der Waals surface area contributed by atoms with Crippen molar-refractivity contribution in [3.05, 3.63) is 17.0 Å². The monoisotopic (exact) mass is 254 g/mol. The predicted octanol–water partition coefficient (Wildman–Crippen LogP) is 2.29. The molecule has 5 nitrogen and oxygen atoms in total. The molecule has 0 saturated heterocycles. The molecule has 0 aromatic carbocycles. The van der Waals surface area contributed by atoms with Crippen LogP contribution in [-0.4, -0.2) is 24.3 Å². The Morgan fingerprint density at radius 1 is 1.50 bits per heavy atom. The highest BCUT2D eigenvalue weighted by Crippen LogP contribution is 2.20. The standard InChI is InChI=1S/C13H22N2O3/c1-5-6-7-17-12(16)8-14-9(2)13-10(3)15-18-11(13)4/h9,14H,5-8H2,1-4H3. The molecule has 0 radical (unpaired) electrons. The van der Waals surface area contributed by atoms with E-state index in [1.54, 1.807) is 0 Å². The molecule has 1 atom stereocenters. The number of aryl methyl sites for hydroxylation is 2. The summed E-state index contributed by atoms with van der Waals surface area (Å²) in [6, 6.07) is 0.0231. The highest BCUT2D eigenvalue weighted by Gasteiger charge is 2.16. The van der Waals surface area contributed by atoms with Crippen molar-refractivity contribution < 1.29 is 14.1 Å². The highest BCUT2D eigenvalue weighted by molar-refractivity contribution is 5.71. The van der Waals surface area contributed by atoms with Crippen LogP contribution < -0.4 is 5.32 Å². The van der Waals surface area contributed by atoms with Crippen LogP contribution >= 0.6 is 0 Å². The largest absolute Gasteiger partial charge is 0.465 e. The predicted molar refractivity (Wildman–Crippen MR) is 68.3 cm³/mol. The molecule has 1 heterocycles. The van der Waals surface area contributed by atoms with Crippen LogP contribution in [0.3, 0.4) is 0 Å². The molecule has 0 spiro atoms. The number of rotatable bonds is 7. The number of aromatic nitrogens is 1. The van der Waals surface area contributed by atoms with Gasteiger partial charge in [0.05, 0.1) is 18.8 Å². The summed E-state index contributed by atoms with van der Waals surface area (Å²) in [5.41, 5.74) is 1.86. The minimum absolute atomic E-state index is 0.0231. The van der Waals surface area contributed by atoms with E-state index in [1.807, 2.05) is 20.8 Å². The molecule has 1 aromatic rings. The van der Waals surface area contributed by atoms with Gasteiger partial charge >= 0.3 is 5.97 Å². The van der Waals surface area contributed by atoms with Crippen LogP contribution in [0.2, 0.25) is 0 Å². The Morgan fingerprint density at radius 3 is 2.78 bits per heavy atom. The number of esters is 1. The number of hydrogen-bond acceptors (Lipinski definition) is 5. The Labute approximate surface area is 108 Å². The maximum absolute atomic E-state index is 11.4. The van der Waals surface area contributed by atoms with Crippen molar-refractivity contribution in [2.45, 2.75) is 46.6 Å². The van der Waals surface area contributed by atoms with Gasteiger partial charge in [0, 0.05) is 11.6 Å². The fourth-order valence-corrected chi connectivity index (χ4v) is 1.83. The first-order chi connectivity index (χ1) is 8.56. The number of hydrogen-bond donors (Lipinski definition) is 1. The van der Waals surface area contributed by atoms with Gasteiger partial charge in [0.25, 0.3) is 0 Å². The van der Waals surface area contributed by atoms with E-state index in [2.05, 4.69) is 17.4 Å². The van der Waals surface area contributed by atoms with Crippen molar-refractivity contribution in [2.75, 3.05) is 13.2 Å². The summed E-state index contributed by atoms with van der Waals surface area (Å²) in [5.74, 6) is 0.564. The fourth-order valence-electron chi connectivity index (χ4n) is 1.83. The lowest BCUT2D eigenvalue weighted by molar-refractivity contribution is -0.142. The zero-order valence-corrected chi connectivity index (χ0v) is 11.6. The molecule has 5 heteroatoms. The number of carbonyl (C=O) groups excluding carboxylic acids is 1. The zero-order valence-electron chi connectivity index (χ0n) is 11.6. The molecule has 0 amide bonds. The maximum Gasteiger partial charge on any atom is 0.319 e. The van der Waals surface area contributed by atoms with Crippen LogP contribution in [0.4, 0.5) is 0 Å². The van der Waals surface area contributed by atoms with Crippen LogP contribution in [-0.2, 0) is 9.53 Å². The molecule has 0 aliphatic carbocycles. The Kier molecular flexibility index (Phi) is 5.85. The summed E-state index contributed by atoms with van der Waals surface area (Å²) in [7, 11) is 0. The first-order valence-corrected chi connectivity index (χ1v) is 6.38. The lowest BCUT2D eigenvalue weighted by Gasteiger charge is -2.13. The molecule has 1 unspecified atom stereocenters. The number of ether oxygens (including phenoxy) is 1. The topological polar surface area (TPSA) is 64.4 Å². The number of nitrogens with zero attached hydrogens (tertiary/aromatic N) is 1. The van der Waals surface area contributed by atoms with Crippen molar-refractivity contribution in [2.24, 2.45) is 0 Å². The second kappa shape index (κ2) is 7.16. The molecule has 0 bridgehead atoms. The van der Waals surface area contributed by atoms with E-state index in [0.29, 0.717) is 6.61 Å². The van der Waals surface area contributed by atoms with E-state index < -0.39 is 0 Å². The Morgan fingerprint density at radius 2 is 2.22 bits per heavy atom. The van der Waals surface area contributed by atoms with Gasteiger partial charge in [-0.05, 0) is 27.2 Å². The van der Waals surface area contributed by atoms with Crippen molar-refractivity contribution >= 4 is 5.97 Å². The van der Waals surface area contributed by atoms with Gasteiger partial charge < -0.3 is 14.6 Å². The maximum atomic E-state index is 11.4. The molecule has 0 aliphatic heterocycles. The van der Waals surface area contributed by atoms with E-state index in [9.17, 15) is 4.79 Å². The fraction of sp³-hybridized carbons (Fsp3) is 0.692. The highest BCUT2D eigenvalue weighted by atomic mass is 16.5. The molecule has 102 valence electrons. The second-order valence-electron chi connectivity index (χ2n) is 4.41. The summed E-state index contributed by atoms with van der Waals surface area (Å²) < 4.78 is 10.2. The van der Waals surface area contributed by atoms with Crippen LogP contribution in [0.15, 0.2) is 4.52 Å². The van der Waals surface area contributed by atoms with Crippen molar-refractivity contribution in [3.8, 4) is 0 Å². The number of carbonyl (C=O) groups is 1. The summed E-state index contributed by atoms with van der Waals surface area (Å²) in [6.45, 7) is 8.50. The molecule has 18 heavy (non-hydrogen) atoms. The van der Waals surface area contributed by atoms with Crippen molar-refractivity contribution in [3.63, 3.8) is 0 Å². The lowest BCUT2D eigenvalue weighted by atomic mass is 10.1. The molecule has 0 aliphatic rings. The van der Waals surface area contributed by atoms with Crippen LogP contribution in [0.1, 0.15) is 49.7 Å². The van der Waals surface area contributed by atoms with Crippen LogP contribution in [0.25, 0.3) is 0 Å². The summed E-state index contributed by atoms with van der Waals surface area (Å²) >= 11 is 0. The minimum Gasteiger partial charge on any atom is -0.465 e. The van der Waals surface area contributed by atoms with Crippen LogP contribution in [0, 0.1) is 13.8 Å². The molecule has 0 fully saturated rings. The Bertz CT molecular complexity index is 368. The van der Waals surface area contributed by atoms with Gasteiger partial charge in [0.15, 0.2) is 0 Å².